The molecule has 1 heterocycles. The maximum atomic E-state index is 14.5. The second-order valence-corrected chi connectivity index (χ2v) is 6.40. The van der Waals surface area contributed by atoms with Crippen LogP contribution in [0.4, 0.5) is 4.39 Å². The van der Waals surface area contributed by atoms with Gasteiger partial charge in [-0.3, -0.25) is 0 Å². The van der Waals surface area contributed by atoms with E-state index >= 15 is 0 Å². The number of nitrogens with zero attached hydrogens (tertiary/aromatic N) is 4. The number of halogens is 1. The van der Waals surface area contributed by atoms with Crippen molar-refractivity contribution in [2.45, 2.75) is 5.92 Å². The molecular formula is C19H16FN5. The van der Waals surface area contributed by atoms with Crippen LogP contribution in [0.1, 0.15) is 11.5 Å². The van der Waals surface area contributed by atoms with Crippen LogP contribution in [0.5, 0.6) is 0 Å². The van der Waals surface area contributed by atoms with E-state index in [0.717, 1.165) is 0 Å². The topological polar surface area (TPSA) is 101 Å². The summed E-state index contributed by atoms with van der Waals surface area (Å²) in [5.41, 5.74) is 5.42. The molecule has 0 radical (unpaired) electrons. The largest absolute Gasteiger partial charge is 0.399 e. The average molecular weight is 333 g/mol. The maximum absolute atomic E-state index is 14.5. The van der Waals surface area contributed by atoms with Crippen LogP contribution in [0, 0.1) is 51.1 Å². The molecule has 0 saturated carbocycles. The van der Waals surface area contributed by atoms with Crippen molar-refractivity contribution in [2.24, 2.45) is 17.1 Å². The lowest BCUT2D eigenvalue weighted by Gasteiger charge is -2.44. The predicted molar refractivity (Wildman–Crippen MR) is 88.7 cm³/mol. The Morgan fingerprint density at radius 3 is 2.52 bits per heavy atom. The summed E-state index contributed by atoms with van der Waals surface area (Å²) in [4.78, 5) is 2.01. The van der Waals surface area contributed by atoms with Crippen molar-refractivity contribution in [3.8, 4) is 18.2 Å². The number of hydrogen-bond donors (Lipinski definition) is 1. The second-order valence-electron chi connectivity index (χ2n) is 6.40. The van der Waals surface area contributed by atoms with Gasteiger partial charge in [0.05, 0.1) is 29.5 Å². The van der Waals surface area contributed by atoms with Gasteiger partial charge in [0.1, 0.15) is 5.82 Å². The average Bonchev–Trinajstić information content (AvgIpc) is 2.62. The van der Waals surface area contributed by atoms with Gasteiger partial charge >= 0.3 is 0 Å². The lowest BCUT2D eigenvalue weighted by Crippen LogP contribution is -2.46. The van der Waals surface area contributed by atoms with Gasteiger partial charge in [0, 0.05) is 24.9 Å². The van der Waals surface area contributed by atoms with E-state index in [-0.39, 0.29) is 17.2 Å². The Morgan fingerprint density at radius 2 is 1.92 bits per heavy atom. The molecule has 2 unspecified atom stereocenters. The normalized spacial score (nSPS) is 25.2. The summed E-state index contributed by atoms with van der Waals surface area (Å²) in [7, 11) is 1.90. The fourth-order valence-corrected chi connectivity index (χ4v) is 3.86. The first-order chi connectivity index (χ1) is 12.0. The quantitative estimate of drug-likeness (QED) is 0.794. The van der Waals surface area contributed by atoms with Gasteiger partial charge in [-0.15, -0.1) is 0 Å². The highest BCUT2D eigenvalue weighted by Crippen LogP contribution is 2.52. The molecule has 0 spiro atoms. The van der Waals surface area contributed by atoms with Crippen LogP contribution >= 0.6 is 0 Å². The smallest absolute Gasteiger partial charge is 0.204 e. The third-order valence-electron chi connectivity index (χ3n) is 5.07. The summed E-state index contributed by atoms with van der Waals surface area (Å²) in [5.74, 6) is -1.41. The molecule has 6 heteroatoms. The lowest BCUT2D eigenvalue weighted by atomic mass is 9.60. The summed E-state index contributed by atoms with van der Waals surface area (Å²) in [5, 5.41) is 29.1. The van der Waals surface area contributed by atoms with Gasteiger partial charge in [-0.05, 0) is 24.3 Å². The van der Waals surface area contributed by atoms with Crippen LogP contribution < -0.4 is 5.73 Å². The Kier molecular flexibility index (Phi) is 4.05. The highest BCUT2D eigenvalue weighted by atomic mass is 19.1. The van der Waals surface area contributed by atoms with Gasteiger partial charge in [0.15, 0.2) is 0 Å². The molecule has 0 bridgehead atoms. The molecule has 3 rings (SSSR count). The van der Waals surface area contributed by atoms with E-state index in [1.165, 1.54) is 6.07 Å². The molecule has 0 amide bonds. The molecule has 1 aliphatic heterocycles. The minimum absolute atomic E-state index is 0.0830. The standard InChI is InChI=1S/C19H16FN5/c1-25-7-6-15-14(9-25)17(12-4-2-3-5-16(12)20)13(8-21)18(24)19(15,10-22)11-23/h2-6,14,17H,7,9,24H2,1H3. The van der Waals surface area contributed by atoms with Gasteiger partial charge in [-0.25, -0.2) is 4.39 Å². The van der Waals surface area contributed by atoms with Crippen molar-refractivity contribution < 1.29 is 4.39 Å². The van der Waals surface area contributed by atoms with Crippen LogP contribution in [-0.2, 0) is 0 Å². The predicted octanol–water partition coefficient (Wildman–Crippen LogP) is 2.18. The minimum atomic E-state index is -1.67. The summed E-state index contributed by atoms with van der Waals surface area (Å²) >= 11 is 0. The van der Waals surface area contributed by atoms with Gasteiger partial charge in [0.2, 0.25) is 5.41 Å². The van der Waals surface area contributed by atoms with Crippen LogP contribution in [0.25, 0.3) is 0 Å². The van der Waals surface area contributed by atoms with Crippen LogP contribution in [0.2, 0.25) is 0 Å². The zero-order chi connectivity index (χ0) is 18.2. The SMILES string of the molecule is CN1CC=C2C(C1)C(c1ccccc1F)C(C#N)=C(N)C2(C#N)C#N. The fraction of sp³-hybridized carbons (Fsp3) is 0.316. The number of nitrogens with two attached hydrogens (primary N) is 1. The van der Waals surface area contributed by atoms with Crippen molar-refractivity contribution in [3.05, 3.63) is 58.6 Å². The van der Waals surface area contributed by atoms with Crippen molar-refractivity contribution >= 4 is 0 Å². The monoisotopic (exact) mass is 333 g/mol. The molecule has 124 valence electrons. The Balaban J connectivity index is 2.35. The van der Waals surface area contributed by atoms with E-state index in [1.807, 2.05) is 36.2 Å². The zero-order valence-electron chi connectivity index (χ0n) is 13.7. The molecule has 5 nitrogen and oxygen atoms in total. The van der Waals surface area contributed by atoms with Crippen molar-refractivity contribution in [1.82, 2.24) is 4.90 Å². The Labute approximate surface area is 145 Å². The molecule has 0 aromatic heterocycles. The summed E-state index contributed by atoms with van der Waals surface area (Å²) in [6.45, 7) is 1.07. The first-order valence-electron chi connectivity index (χ1n) is 7.86. The van der Waals surface area contributed by atoms with E-state index in [0.29, 0.717) is 24.2 Å². The molecular weight excluding hydrogens is 317 g/mol. The summed E-state index contributed by atoms with van der Waals surface area (Å²) in [6.07, 6.45) is 1.81. The number of allylic oxidation sites excluding steroid dienone is 2. The molecule has 1 aromatic rings. The van der Waals surface area contributed by atoms with Gasteiger partial charge < -0.3 is 10.6 Å². The first-order valence-corrected chi connectivity index (χ1v) is 7.86. The minimum Gasteiger partial charge on any atom is -0.399 e. The molecule has 2 atom stereocenters. The third-order valence-corrected chi connectivity index (χ3v) is 5.07. The van der Waals surface area contributed by atoms with Gasteiger partial charge in [-0.2, -0.15) is 15.8 Å². The first kappa shape index (κ1) is 16.7. The van der Waals surface area contributed by atoms with E-state index in [4.69, 9.17) is 5.73 Å². The van der Waals surface area contributed by atoms with Gasteiger partial charge in [-0.1, -0.05) is 24.3 Å². The fourth-order valence-electron chi connectivity index (χ4n) is 3.86. The Morgan fingerprint density at radius 1 is 1.24 bits per heavy atom. The summed E-state index contributed by atoms with van der Waals surface area (Å²) in [6, 6.07) is 12.3. The molecule has 0 saturated heterocycles. The Hall–Kier alpha value is -3.14. The van der Waals surface area contributed by atoms with Crippen molar-refractivity contribution in [3.63, 3.8) is 0 Å². The van der Waals surface area contributed by atoms with E-state index in [9.17, 15) is 20.2 Å². The second kappa shape index (κ2) is 6.06. The third kappa shape index (κ3) is 2.30. The van der Waals surface area contributed by atoms with Crippen molar-refractivity contribution in [2.75, 3.05) is 20.1 Å². The molecule has 2 N–H and O–H groups in total. The van der Waals surface area contributed by atoms with Crippen LogP contribution in [0.15, 0.2) is 47.2 Å². The van der Waals surface area contributed by atoms with E-state index in [2.05, 4.69) is 0 Å². The van der Waals surface area contributed by atoms with Crippen LogP contribution in [-0.4, -0.2) is 25.0 Å². The van der Waals surface area contributed by atoms with Crippen LogP contribution in [0.3, 0.4) is 0 Å². The number of nitriles is 3. The number of rotatable bonds is 1. The number of likely N-dealkylation sites (N-methyl/N-ethyl adjacent to an activating group) is 1. The highest BCUT2D eigenvalue weighted by Gasteiger charge is 2.52. The Bertz CT molecular complexity index is 895. The lowest BCUT2D eigenvalue weighted by molar-refractivity contribution is 0.262. The summed E-state index contributed by atoms with van der Waals surface area (Å²) < 4.78 is 14.5. The maximum Gasteiger partial charge on any atom is 0.204 e. The van der Waals surface area contributed by atoms with Crippen molar-refractivity contribution in [1.29, 1.82) is 15.8 Å². The molecule has 1 aromatic carbocycles. The zero-order valence-corrected chi connectivity index (χ0v) is 13.7. The molecule has 2 aliphatic rings. The molecule has 1 aliphatic carbocycles. The molecule has 25 heavy (non-hydrogen) atoms. The number of hydrogen-bond acceptors (Lipinski definition) is 5. The number of fused-ring (bicyclic) bond motifs is 1. The highest BCUT2D eigenvalue weighted by molar-refractivity contribution is 5.58. The van der Waals surface area contributed by atoms with Gasteiger partial charge in [0.25, 0.3) is 0 Å². The number of benzene rings is 1. The van der Waals surface area contributed by atoms with E-state index < -0.39 is 17.2 Å². The molecule has 0 fully saturated rings. The van der Waals surface area contributed by atoms with E-state index in [1.54, 1.807) is 18.2 Å².